The maximum absolute atomic E-state index is 12.1. The van der Waals surface area contributed by atoms with Gasteiger partial charge in [0.1, 0.15) is 5.75 Å². The highest BCUT2D eigenvalue weighted by Gasteiger charge is 2.04. The second-order valence-corrected chi connectivity index (χ2v) is 6.74. The van der Waals surface area contributed by atoms with Crippen molar-refractivity contribution in [2.45, 2.75) is 19.4 Å². The minimum Gasteiger partial charge on any atom is -0.439 e. The van der Waals surface area contributed by atoms with Gasteiger partial charge in [0, 0.05) is 29.7 Å². The standard InChI is InChI=1S/C21H19BrN2O2/c22-18-10-7-16(8-11-18)9-12-20(25)24-15-17-4-3-5-19(14-17)26-21-6-1-2-13-23-21/h1-8,10-11,13-14H,9,12,15H2,(H,24,25). The maximum atomic E-state index is 12.1. The van der Waals surface area contributed by atoms with Crippen LogP contribution < -0.4 is 10.1 Å². The second kappa shape index (κ2) is 9.15. The Balaban J connectivity index is 1.48. The molecule has 0 atom stereocenters. The molecule has 1 aromatic heterocycles. The number of carbonyl (C=O) groups excluding carboxylic acids is 1. The third-order valence-electron chi connectivity index (χ3n) is 3.80. The molecule has 0 spiro atoms. The summed E-state index contributed by atoms with van der Waals surface area (Å²) < 4.78 is 6.75. The SMILES string of the molecule is O=C(CCc1ccc(Br)cc1)NCc1cccc(Oc2ccccn2)c1. The zero-order chi connectivity index (χ0) is 18.2. The molecule has 0 aliphatic heterocycles. The molecular weight excluding hydrogens is 392 g/mol. The number of hydrogen-bond acceptors (Lipinski definition) is 3. The summed E-state index contributed by atoms with van der Waals surface area (Å²) in [6, 6.07) is 21.2. The normalized spacial score (nSPS) is 10.3. The summed E-state index contributed by atoms with van der Waals surface area (Å²) in [5.74, 6) is 1.28. The minimum absolute atomic E-state index is 0.0315. The number of amides is 1. The second-order valence-electron chi connectivity index (χ2n) is 5.82. The van der Waals surface area contributed by atoms with E-state index in [4.69, 9.17) is 4.74 Å². The van der Waals surface area contributed by atoms with Crippen LogP contribution in [0.3, 0.4) is 0 Å². The van der Waals surface area contributed by atoms with E-state index >= 15 is 0 Å². The Morgan fingerprint density at radius 3 is 2.62 bits per heavy atom. The van der Waals surface area contributed by atoms with Gasteiger partial charge >= 0.3 is 0 Å². The molecule has 0 radical (unpaired) electrons. The fourth-order valence-corrected chi connectivity index (χ4v) is 2.71. The average Bonchev–Trinajstić information content (AvgIpc) is 2.67. The van der Waals surface area contributed by atoms with Gasteiger partial charge in [0.2, 0.25) is 11.8 Å². The average molecular weight is 411 g/mol. The van der Waals surface area contributed by atoms with Crippen molar-refractivity contribution in [3.63, 3.8) is 0 Å². The Bertz CT molecular complexity index is 851. The molecule has 0 aliphatic rings. The van der Waals surface area contributed by atoms with Crippen molar-refractivity contribution >= 4 is 21.8 Å². The lowest BCUT2D eigenvalue weighted by atomic mass is 10.1. The van der Waals surface area contributed by atoms with Crippen molar-refractivity contribution < 1.29 is 9.53 Å². The molecule has 0 bridgehead atoms. The highest BCUT2D eigenvalue weighted by molar-refractivity contribution is 9.10. The predicted molar refractivity (Wildman–Crippen MR) is 105 cm³/mol. The number of carbonyl (C=O) groups is 1. The smallest absolute Gasteiger partial charge is 0.220 e. The highest BCUT2D eigenvalue weighted by Crippen LogP contribution is 2.20. The van der Waals surface area contributed by atoms with E-state index in [9.17, 15) is 4.79 Å². The summed E-state index contributed by atoms with van der Waals surface area (Å²) in [5.41, 5.74) is 2.13. The van der Waals surface area contributed by atoms with E-state index in [1.807, 2.05) is 60.7 Å². The van der Waals surface area contributed by atoms with E-state index in [2.05, 4.69) is 26.2 Å². The van der Waals surface area contributed by atoms with Crippen LogP contribution in [0.4, 0.5) is 0 Å². The molecule has 0 fully saturated rings. The van der Waals surface area contributed by atoms with E-state index in [1.165, 1.54) is 0 Å². The monoisotopic (exact) mass is 410 g/mol. The topological polar surface area (TPSA) is 51.2 Å². The zero-order valence-corrected chi connectivity index (χ0v) is 15.8. The summed E-state index contributed by atoms with van der Waals surface area (Å²) in [6.07, 6.45) is 2.87. The number of hydrogen-bond donors (Lipinski definition) is 1. The van der Waals surface area contributed by atoms with Crippen molar-refractivity contribution in [2.24, 2.45) is 0 Å². The Hall–Kier alpha value is -2.66. The first kappa shape index (κ1) is 18.1. The first-order chi connectivity index (χ1) is 12.7. The fourth-order valence-electron chi connectivity index (χ4n) is 2.45. The minimum atomic E-state index is 0.0315. The van der Waals surface area contributed by atoms with Gasteiger partial charge in [-0.3, -0.25) is 4.79 Å². The van der Waals surface area contributed by atoms with Crippen molar-refractivity contribution in [3.8, 4) is 11.6 Å². The van der Waals surface area contributed by atoms with Gasteiger partial charge < -0.3 is 10.1 Å². The molecule has 132 valence electrons. The zero-order valence-electron chi connectivity index (χ0n) is 14.2. The largest absolute Gasteiger partial charge is 0.439 e. The molecule has 0 saturated carbocycles. The lowest BCUT2D eigenvalue weighted by Gasteiger charge is -2.08. The lowest BCUT2D eigenvalue weighted by Crippen LogP contribution is -2.22. The van der Waals surface area contributed by atoms with Crippen molar-refractivity contribution in [2.75, 3.05) is 0 Å². The van der Waals surface area contributed by atoms with E-state index in [0.717, 1.165) is 22.0 Å². The van der Waals surface area contributed by atoms with Crippen LogP contribution in [0.15, 0.2) is 77.4 Å². The molecule has 1 amide bonds. The summed E-state index contributed by atoms with van der Waals surface area (Å²) in [6.45, 7) is 0.471. The van der Waals surface area contributed by atoms with Crippen molar-refractivity contribution in [1.82, 2.24) is 10.3 Å². The molecule has 3 aromatic rings. The van der Waals surface area contributed by atoms with E-state index < -0.39 is 0 Å². The first-order valence-electron chi connectivity index (χ1n) is 8.38. The lowest BCUT2D eigenvalue weighted by molar-refractivity contribution is -0.121. The molecule has 5 heteroatoms. The van der Waals surface area contributed by atoms with Crippen LogP contribution in [-0.4, -0.2) is 10.9 Å². The Labute approximate surface area is 161 Å². The maximum Gasteiger partial charge on any atom is 0.220 e. The van der Waals surface area contributed by atoms with Crippen molar-refractivity contribution in [3.05, 3.63) is 88.5 Å². The number of halogens is 1. The summed E-state index contributed by atoms with van der Waals surface area (Å²) in [5, 5.41) is 2.95. The number of ether oxygens (including phenoxy) is 1. The third-order valence-corrected chi connectivity index (χ3v) is 4.33. The van der Waals surface area contributed by atoms with Crippen LogP contribution in [0.5, 0.6) is 11.6 Å². The van der Waals surface area contributed by atoms with Gasteiger partial charge in [-0.05, 0) is 47.9 Å². The van der Waals surface area contributed by atoms with Crippen LogP contribution in [-0.2, 0) is 17.8 Å². The molecule has 1 heterocycles. The summed E-state index contributed by atoms with van der Waals surface area (Å²) in [4.78, 5) is 16.2. The number of rotatable bonds is 7. The molecular formula is C21H19BrN2O2. The Morgan fingerprint density at radius 2 is 1.85 bits per heavy atom. The quantitative estimate of drug-likeness (QED) is 0.603. The number of nitrogens with one attached hydrogen (secondary N) is 1. The van der Waals surface area contributed by atoms with Crippen LogP contribution >= 0.6 is 15.9 Å². The molecule has 4 nitrogen and oxygen atoms in total. The van der Waals surface area contributed by atoms with Gasteiger partial charge in [-0.2, -0.15) is 0 Å². The highest BCUT2D eigenvalue weighted by atomic mass is 79.9. The predicted octanol–water partition coefficient (Wildman–Crippen LogP) is 4.89. The molecule has 0 unspecified atom stereocenters. The Morgan fingerprint density at radius 1 is 1.00 bits per heavy atom. The van der Waals surface area contributed by atoms with Crippen molar-refractivity contribution in [1.29, 1.82) is 0 Å². The number of pyridine rings is 1. The molecule has 3 rings (SSSR count). The molecule has 26 heavy (non-hydrogen) atoms. The van der Waals surface area contributed by atoms with Gasteiger partial charge in [-0.15, -0.1) is 0 Å². The van der Waals surface area contributed by atoms with Gasteiger partial charge in [-0.1, -0.05) is 46.3 Å². The van der Waals surface area contributed by atoms with Gasteiger partial charge in [0.25, 0.3) is 0 Å². The third kappa shape index (κ3) is 5.70. The summed E-state index contributed by atoms with van der Waals surface area (Å²) >= 11 is 3.41. The van der Waals surface area contributed by atoms with Crippen LogP contribution in [0.1, 0.15) is 17.5 Å². The van der Waals surface area contributed by atoms with E-state index in [1.54, 1.807) is 12.3 Å². The number of benzene rings is 2. The van der Waals surface area contributed by atoms with Crippen LogP contribution in [0.2, 0.25) is 0 Å². The van der Waals surface area contributed by atoms with Gasteiger partial charge in [-0.25, -0.2) is 4.98 Å². The number of aromatic nitrogens is 1. The molecule has 0 saturated heterocycles. The Kier molecular flexibility index (Phi) is 6.39. The van der Waals surface area contributed by atoms with E-state index in [-0.39, 0.29) is 5.91 Å². The molecule has 2 aromatic carbocycles. The number of aryl methyl sites for hydroxylation is 1. The molecule has 1 N–H and O–H groups in total. The van der Waals surface area contributed by atoms with E-state index in [0.29, 0.717) is 24.6 Å². The van der Waals surface area contributed by atoms with Crippen LogP contribution in [0.25, 0.3) is 0 Å². The number of nitrogens with zero attached hydrogens (tertiary/aromatic N) is 1. The van der Waals surface area contributed by atoms with Gasteiger partial charge in [0.05, 0.1) is 0 Å². The molecule has 0 aliphatic carbocycles. The first-order valence-corrected chi connectivity index (χ1v) is 9.17. The van der Waals surface area contributed by atoms with Gasteiger partial charge in [0.15, 0.2) is 0 Å². The summed E-state index contributed by atoms with van der Waals surface area (Å²) in [7, 11) is 0. The van der Waals surface area contributed by atoms with Crippen LogP contribution in [0, 0.1) is 0 Å². The fraction of sp³-hybridized carbons (Fsp3) is 0.143.